The van der Waals surface area contributed by atoms with Gasteiger partial charge in [0.25, 0.3) is 0 Å². The van der Waals surface area contributed by atoms with Crippen LogP contribution in [0.4, 0.5) is 5.69 Å². The summed E-state index contributed by atoms with van der Waals surface area (Å²) in [5.74, 6) is 0.988. The first-order valence-electron chi connectivity index (χ1n) is 7.77. The fraction of sp³-hybridized carbons (Fsp3) is 0.158. The first-order chi connectivity index (χ1) is 11.8. The SMILES string of the molecule is CCOc1ccccc1NC(=O)Cc1coc(-c2ccccc2)n1. The Balaban J connectivity index is 1.67. The second-order valence-electron chi connectivity index (χ2n) is 5.16. The van der Waals surface area contributed by atoms with Gasteiger partial charge in [-0.05, 0) is 31.2 Å². The number of para-hydroxylation sites is 2. The number of amides is 1. The minimum Gasteiger partial charge on any atom is -0.492 e. The maximum Gasteiger partial charge on any atom is 0.230 e. The van der Waals surface area contributed by atoms with Crippen molar-refractivity contribution in [3.8, 4) is 17.2 Å². The van der Waals surface area contributed by atoms with Crippen LogP contribution in [-0.2, 0) is 11.2 Å². The second kappa shape index (κ2) is 7.46. The van der Waals surface area contributed by atoms with Crippen LogP contribution in [0.2, 0.25) is 0 Å². The van der Waals surface area contributed by atoms with Crippen molar-refractivity contribution in [1.29, 1.82) is 0 Å². The molecule has 5 nitrogen and oxygen atoms in total. The van der Waals surface area contributed by atoms with Crippen molar-refractivity contribution in [1.82, 2.24) is 4.98 Å². The summed E-state index contributed by atoms with van der Waals surface area (Å²) in [7, 11) is 0. The highest BCUT2D eigenvalue weighted by molar-refractivity contribution is 5.93. The number of anilines is 1. The molecule has 0 unspecified atom stereocenters. The van der Waals surface area contributed by atoms with E-state index in [0.717, 1.165) is 5.56 Å². The second-order valence-corrected chi connectivity index (χ2v) is 5.16. The highest BCUT2D eigenvalue weighted by Crippen LogP contribution is 2.24. The first-order valence-corrected chi connectivity index (χ1v) is 7.77. The van der Waals surface area contributed by atoms with Crippen LogP contribution in [0, 0.1) is 0 Å². The summed E-state index contributed by atoms with van der Waals surface area (Å²) in [6.45, 7) is 2.44. The molecule has 0 saturated carbocycles. The van der Waals surface area contributed by atoms with Crippen LogP contribution in [-0.4, -0.2) is 17.5 Å². The molecule has 3 rings (SSSR count). The summed E-state index contributed by atoms with van der Waals surface area (Å²) in [5.41, 5.74) is 2.11. The number of oxazole rings is 1. The van der Waals surface area contributed by atoms with E-state index in [0.29, 0.717) is 29.6 Å². The van der Waals surface area contributed by atoms with Gasteiger partial charge in [-0.25, -0.2) is 4.98 Å². The van der Waals surface area contributed by atoms with Gasteiger partial charge in [0, 0.05) is 5.56 Å². The van der Waals surface area contributed by atoms with Gasteiger partial charge in [-0.2, -0.15) is 0 Å². The molecule has 5 heteroatoms. The first kappa shape index (κ1) is 15.8. The van der Waals surface area contributed by atoms with E-state index in [2.05, 4.69) is 10.3 Å². The predicted molar refractivity (Wildman–Crippen MR) is 91.9 cm³/mol. The number of carbonyl (C=O) groups excluding carboxylic acids is 1. The Bertz CT molecular complexity index is 812. The van der Waals surface area contributed by atoms with E-state index in [-0.39, 0.29) is 12.3 Å². The topological polar surface area (TPSA) is 64.4 Å². The van der Waals surface area contributed by atoms with Crippen molar-refractivity contribution < 1.29 is 13.9 Å². The zero-order valence-electron chi connectivity index (χ0n) is 13.4. The number of hydrogen-bond donors (Lipinski definition) is 1. The number of aromatic nitrogens is 1. The maximum atomic E-state index is 12.2. The van der Waals surface area contributed by atoms with Crippen molar-refractivity contribution in [3.05, 3.63) is 66.6 Å². The van der Waals surface area contributed by atoms with Gasteiger partial charge in [0.2, 0.25) is 11.8 Å². The summed E-state index contributed by atoms with van der Waals surface area (Å²) in [6.07, 6.45) is 1.65. The van der Waals surface area contributed by atoms with Gasteiger partial charge in [0.05, 0.1) is 24.4 Å². The average molecular weight is 322 g/mol. The van der Waals surface area contributed by atoms with Crippen LogP contribution in [0.25, 0.3) is 11.5 Å². The summed E-state index contributed by atoms with van der Waals surface area (Å²) in [6, 6.07) is 16.9. The molecule has 0 aliphatic rings. The quantitative estimate of drug-likeness (QED) is 0.747. The molecule has 0 atom stereocenters. The molecule has 1 aromatic heterocycles. The molecule has 2 aromatic carbocycles. The molecule has 0 aliphatic carbocycles. The lowest BCUT2D eigenvalue weighted by Crippen LogP contribution is -2.15. The Hall–Kier alpha value is -3.08. The Morgan fingerprint density at radius 2 is 1.88 bits per heavy atom. The van der Waals surface area contributed by atoms with Crippen LogP contribution in [0.3, 0.4) is 0 Å². The van der Waals surface area contributed by atoms with Gasteiger partial charge in [-0.15, -0.1) is 0 Å². The van der Waals surface area contributed by atoms with E-state index < -0.39 is 0 Å². The predicted octanol–water partition coefficient (Wildman–Crippen LogP) is 3.92. The minimum absolute atomic E-state index is 0.136. The molecular weight excluding hydrogens is 304 g/mol. The van der Waals surface area contributed by atoms with Gasteiger partial charge in [0.1, 0.15) is 12.0 Å². The standard InChI is InChI=1S/C19H18N2O3/c1-2-23-17-11-7-6-10-16(17)21-18(22)12-15-13-24-19(20-15)14-8-4-3-5-9-14/h3-11,13H,2,12H2,1H3,(H,21,22). The number of nitrogens with one attached hydrogen (secondary N) is 1. The van der Waals surface area contributed by atoms with E-state index in [1.54, 1.807) is 6.07 Å². The molecule has 24 heavy (non-hydrogen) atoms. The molecule has 3 aromatic rings. The monoisotopic (exact) mass is 322 g/mol. The van der Waals surface area contributed by atoms with Crippen molar-refractivity contribution in [3.63, 3.8) is 0 Å². The highest BCUT2D eigenvalue weighted by atomic mass is 16.5. The normalized spacial score (nSPS) is 10.4. The van der Waals surface area contributed by atoms with E-state index in [1.165, 1.54) is 6.26 Å². The number of hydrogen-bond acceptors (Lipinski definition) is 4. The van der Waals surface area contributed by atoms with Crippen LogP contribution in [0.1, 0.15) is 12.6 Å². The Morgan fingerprint density at radius 3 is 2.67 bits per heavy atom. The van der Waals surface area contributed by atoms with Crippen molar-refractivity contribution >= 4 is 11.6 Å². The van der Waals surface area contributed by atoms with Gasteiger partial charge in [-0.3, -0.25) is 4.79 Å². The van der Waals surface area contributed by atoms with Gasteiger partial charge >= 0.3 is 0 Å². The number of nitrogens with zero attached hydrogens (tertiary/aromatic N) is 1. The molecular formula is C19H18N2O3. The minimum atomic E-state index is -0.171. The highest BCUT2D eigenvalue weighted by Gasteiger charge is 2.12. The average Bonchev–Trinajstić information content (AvgIpc) is 3.06. The summed E-state index contributed by atoms with van der Waals surface area (Å²) in [4.78, 5) is 16.6. The molecule has 1 amide bonds. The molecule has 0 saturated heterocycles. The molecule has 0 bridgehead atoms. The fourth-order valence-corrected chi connectivity index (χ4v) is 2.31. The third-order valence-corrected chi connectivity index (χ3v) is 3.38. The zero-order valence-corrected chi connectivity index (χ0v) is 13.4. The number of ether oxygens (including phenoxy) is 1. The van der Waals surface area contributed by atoms with Crippen LogP contribution in [0.15, 0.2) is 65.3 Å². The molecule has 0 aliphatic heterocycles. The fourth-order valence-electron chi connectivity index (χ4n) is 2.31. The number of rotatable bonds is 6. The third-order valence-electron chi connectivity index (χ3n) is 3.38. The van der Waals surface area contributed by atoms with Crippen molar-refractivity contribution in [2.75, 3.05) is 11.9 Å². The van der Waals surface area contributed by atoms with E-state index in [4.69, 9.17) is 9.15 Å². The van der Waals surface area contributed by atoms with E-state index in [9.17, 15) is 4.79 Å². The number of benzene rings is 2. The summed E-state index contributed by atoms with van der Waals surface area (Å²) < 4.78 is 10.9. The van der Waals surface area contributed by atoms with Crippen LogP contribution >= 0.6 is 0 Å². The van der Waals surface area contributed by atoms with Gasteiger partial charge < -0.3 is 14.5 Å². The third kappa shape index (κ3) is 3.81. The molecule has 1 N–H and O–H groups in total. The van der Waals surface area contributed by atoms with Crippen molar-refractivity contribution in [2.24, 2.45) is 0 Å². The Morgan fingerprint density at radius 1 is 1.12 bits per heavy atom. The lowest BCUT2D eigenvalue weighted by Gasteiger charge is -2.10. The largest absolute Gasteiger partial charge is 0.492 e. The molecule has 1 heterocycles. The molecule has 122 valence electrons. The van der Waals surface area contributed by atoms with Crippen molar-refractivity contribution in [2.45, 2.75) is 13.3 Å². The van der Waals surface area contributed by atoms with E-state index >= 15 is 0 Å². The summed E-state index contributed by atoms with van der Waals surface area (Å²) >= 11 is 0. The number of carbonyl (C=O) groups is 1. The molecule has 0 fully saturated rings. The van der Waals surface area contributed by atoms with E-state index in [1.807, 2.05) is 55.5 Å². The Kier molecular flexibility index (Phi) is 4.91. The van der Waals surface area contributed by atoms with Gasteiger partial charge in [-0.1, -0.05) is 30.3 Å². The maximum absolute atomic E-state index is 12.2. The Labute approximate surface area is 140 Å². The molecule has 0 radical (unpaired) electrons. The lowest BCUT2D eigenvalue weighted by molar-refractivity contribution is -0.115. The van der Waals surface area contributed by atoms with Gasteiger partial charge in [0.15, 0.2) is 0 Å². The van der Waals surface area contributed by atoms with Crippen LogP contribution < -0.4 is 10.1 Å². The lowest BCUT2D eigenvalue weighted by atomic mass is 10.2. The zero-order chi connectivity index (χ0) is 16.8. The smallest absolute Gasteiger partial charge is 0.230 e. The summed E-state index contributed by atoms with van der Waals surface area (Å²) in [5, 5.41) is 2.85. The van der Waals surface area contributed by atoms with Crippen LogP contribution in [0.5, 0.6) is 5.75 Å². The molecule has 0 spiro atoms.